The highest BCUT2D eigenvalue weighted by Crippen LogP contribution is 2.36. The summed E-state index contributed by atoms with van der Waals surface area (Å²) in [6, 6.07) is 42.7. The van der Waals surface area contributed by atoms with E-state index in [0.717, 1.165) is 44.4 Å². The molecule has 2 aliphatic heterocycles. The largest absolute Gasteiger partial charge is 0.496 e. The Bertz CT molecular complexity index is 2560. The lowest BCUT2D eigenvalue weighted by Gasteiger charge is -2.26. The lowest BCUT2D eigenvalue weighted by atomic mass is 9.78. The minimum absolute atomic E-state index is 0.149. The number of hydrogen-bond acceptors (Lipinski definition) is 9. The van der Waals surface area contributed by atoms with Gasteiger partial charge in [-0.1, -0.05) is 56.3 Å². The van der Waals surface area contributed by atoms with Crippen molar-refractivity contribution in [2.75, 3.05) is 24.0 Å². The number of methoxy groups -OCH3 is 1. The number of benzene rings is 6. The molecule has 1 fully saturated rings. The highest BCUT2D eigenvalue weighted by atomic mass is 16.5. The Hall–Kier alpha value is -7.50. The molecule has 1 N–H and O–H groups in total. The van der Waals surface area contributed by atoms with Gasteiger partial charge in [-0.15, -0.1) is 0 Å². The van der Waals surface area contributed by atoms with Gasteiger partial charge < -0.3 is 24.3 Å². The number of rotatable bonds is 12. The normalized spacial score (nSPS) is 14.8. The minimum Gasteiger partial charge on any atom is -0.496 e. The van der Waals surface area contributed by atoms with Gasteiger partial charge in [0.15, 0.2) is 0 Å². The first-order valence-electron chi connectivity index (χ1n) is 20.1. The van der Waals surface area contributed by atoms with E-state index in [4.69, 9.17) is 18.9 Å². The second kappa shape index (κ2) is 18.4. The summed E-state index contributed by atoms with van der Waals surface area (Å²) in [4.78, 5) is 50.9. The van der Waals surface area contributed by atoms with Crippen molar-refractivity contribution in [2.45, 2.75) is 45.6 Å². The first kappa shape index (κ1) is 42.6. The number of hydrogen-bond donors (Lipinski definition) is 1. The van der Waals surface area contributed by atoms with E-state index in [9.17, 15) is 19.2 Å². The third-order valence-corrected chi connectivity index (χ3v) is 10.7. The predicted molar refractivity (Wildman–Crippen MR) is 239 cm³/mol. The van der Waals surface area contributed by atoms with Crippen LogP contribution in [0.4, 0.5) is 11.4 Å². The Kier molecular flexibility index (Phi) is 12.7. The van der Waals surface area contributed by atoms with Crippen LogP contribution in [0.2, 0.25) is 0 Å². The average molecular weight is 830 g/mol. The van der Waals surface area contributed by atoms with Gasteiger partial charge in [0.2, 0.25) is 5.91 Å². The summed E-state index contributed by atoms with van der Waals surface area (Å²) < 4.78 is 23.1. The molecular formula is C51H47N3O8. The van der Waals surface area contributed by atoms with E-state index in [0.29, 0.717) is 34.4 Å². The van der Waals surface area contributed by atoms with Crippen LogP contribution in [0, 0.1) is 13.8 Å². The van der Waals surface area contributed by atoms with Crippen LogP contribution in [-0.4, -0.2) is 43.8 Å². The summed E-state index contributed by atoms with van der Waals surface area (Å²) >= 11 is 0. The number of anilines is 2. The third kappa shape index (κ3) is 9.43. The van der Waals surface area contributed by atoms with Crippen molar-refractivity contribution in [1.29, 1.82) is 0 Å². The quantitative estimate of drug-likeness (QED) is 0.120. The maximum atomic E-state index is 12.5. The maximum Gasteiger partial charge on any atom is 0.258 e. The molecule has 314 valence electrons. The monoisotopic (exact) mass is 829 g/mol. The number of imide groups is 2. The third-order valence-electron chi connectivity index (χ3n) is 10.7. The van der Waals surface area contributed by atoms with Crippen LogP contribution in [-0.2, 0) is 24.6 Å². The lowest BCUT2D eigenvalue weighted by Crippen LogP contribution is -2.37. The summed E-state index contributed by atoms with van der Waals surface area (Å²) in [7, 11) is 3.36. The van der Waals surface area contributed by atoms with Gasteiger partial charge in [0.05, 0.1) is 30.9 Å². The van der Waals surface area contributed by atoms with Crippen molar-refractivity contribution < 1.29 is 38.1 Å². The fourth-order valence-electron chi connectivity index (χ4n) is 7.34. The van der Waals surface area contributed by atoms with Crippen LogP contribution >= 0.6 is 0 Å². The average Bonchev–Trinajstić information content (AvgIpc) is 3.76. The summed E-state index contributed by atoms with van der Waals surface area (Å²) in [6.07, 6.45) is 2.66. The molecule has 62 heavy (non-hydrogen) atoms. The van der Waals surface area contributed by atoms with E-state index < -0.39 is 6.04 Å². The van der Waals surface area contributed by atoms with Crippen molar-refractivity contribution in [1.82, 2.24) is 5.32 Å². The summed E-state index contributed by atoms with van der Waals surface area (Å²) in [5.74, 6) is 3.90. The summed E-state index contributed by atoms with van der Waals surface area (Å²) in [5, 5.41) is 2.87. The molecule has 1 atom stereocenters. The smallest absolute Gasteiger partial charge is 0.258 e. The van der Waals surface area contributed by atoms with Gasteiger partial charge in [0.1, 0.15) is 40.2 Å². The van der Waals surface area contributed by atoms with Gasteiger partial charge in [-0.3, -0.25) is 19.2 Å². The number of carbonyl (C=O) groups is 4. The molecule has 0 saturated carbocycles. The minimum atomic E-state index is -0.493. The fourth-order valence-corrected chi connectivity index (χ4v) is 7.34. The molecular weight excluding hydrogens is 783 g/mol. The van der Waals surface area contributed by atoms with Crippen LogP contribution in [0.3, 0.4) is 0 Å². The first-order valence-corrected chi connectivity index (χ1v) is 20.1. The van der Waals surface area contributed by atoms with E-state index in [1.54, 1.807) is 62.7 Å². The van der Waals surface area contributed by atoms with E-state index >= 15 is 0 Å². The second-order valence-corrected chi connectivity index (χ2v) is 15.3. The van der Waals surface area contributed by atoms with Gasteiger partial charge in [-0.2, -0.15) is 0 Å². The summed E-state index contributed by atoms with van der Waals surface area (Å²) in [6.45, 7) is 8.32. The fraction of sp³-hybridized carbons (Fsp3) is 0.176. The highest BCUT2D eigenvalue weighted by molar-refractivity contribution is 6.28. The molecule has 0 aliphatic carbocycles. The molecule has 0 radical (unpaired) electrons. The standard InChI is InChI=1S/C36H31N3O6.C15H16O2/c1-36(2,23-4-12-27(13-5-23)44-29-16-8-25(9-17-29)38-32(40)20-21-33(38)41)24-6-14-28(15-7-24)45-30-18-10-26(11-19-30)39-34(42)22-31(37-3)35(39)43;1-11-9-14(10-12(2)15(11)16-3)17-13-7-5-4-6-8-13/h4-21,31,37H,22H2,1-3H3;4-10H,1-3H3. The first-order chi connectivity index (χ1) is 29.8. The summed E-state index contributed by atoms with van der Waals surface area (Å²) in [5.41, 5.74) is 5.07. The Morgan fingerprint density at radius 1 is 0.548 bits per heavy atom. The van der Waals surface area contributed by atoms with Gasteiger partial charge in [-0.05, 0) is 140 Å². The van der Waals surface area contributed by atoms with Crippen LogP contribution in [0.25, 0.3) is 0 Å². The maximum absolute atomic E-state index is 12.5. The molecule has 11 heteroatoms. The zero-order valence-corrected chi connectivity index (χ0v) is 35.4. The van der Waals surface area contributed by atoms with Gasteiger partial charge in [0.25, 0.3) is 17.7 Å². The molecule has 1 unspecified atom stereocenters. The van der Waals surface area contributed by atoms with Crippen LogP contribution in [0.1, 0.15) is 42.5 Å². The van der Waals surface area contributed by atoms with Crippen LogP contribution in [0.5, 0.6) is 40.2 Å². The number of para-hydroxylation sites is 1. The van der Waals surface area contributed by atoms with Crippen molar-refractivity contribution in [3.63, 3.8) is 0 Å². The number of likely N-dealkylation sites (N-methyl/N-ethyl adjacent to an activating group) is 1. The highest BCUT2D eigenvalue weighted by Gasteiger charge is 2.38. The van der Waals surface area contributed by atoms with Crippen molar-refractivity contribution in [3.8, 4) is 40.2 Å². The molecule has 1 saturated heterocycles. The van der Waals surface area contributed by atoms with Crippen molar-refractivity contribution in [2.24, 2.45) is 0 Å². The number of carbonyl (C=O) groups excluding carboxylic acids is 4. The Morgan fingerprint density at radius 2 is 0.952 bits per heavy atom. The second-order valence-electron chi connectivity index (χ2n) is 15.3. The van der Waals surface area contributed by atoms with Crippen LogP contribution in [0.15, 0.2) is 152 Å². The number of aryl methyl sites for hydroxylation is 2. The Balaban J connectivity index is 0.000000284. The van der Waals surface area contributed by atoms with E-state index in [1.165, 1.54) is 17.1 Å². The molecule has 6 aromatic carbocycles. The lowest BCUT2D eigenvalue weighted by molar-refractivity contribution is -0.122. The Morgan fingerprint density at radius 3 is 1.37 bits per heavy atom. The number of nitrogens with zero attached hydrogens (tertiary/aromatic N) is 2. The molecule has 8 rings (SSSR count). The van der Waals surface area contributed by atoms with E-state index in [1.807, 2.05) is 105 Å². The molecule has 0 aromatic heterocycles. The van der Waals surface area contributed by atoms with Gasteiger partial charge in [-0.25, -0.2) is 9.80 Å². The zero-order chi connectivity index (χ0) is 44.0. The number of amides is 4. The SMILES string of the molecule is CNC1CC(=O)N(c2ccc(Oc3ccc(C(C)(C)c4ccc(Oc5ccc(N6C(=O)C=CC6=O)cc5)cc4)cc3)cc2)C1=O.COc1c(C)cc(Oc2ccccc2)cc1C. The molecule has 0 spiro atoms. The zero-order valence-electron chi connectivity index (χ0n) is 35.4. The predicted octanol–water partition coefficient (Wildman–Crippen LogP) is 9.98. The van der Waals surface area contributed by atoms with E-state index in [2.05, 4.69) is 19.2 Å². The molecule has 0 bridgehead atoms. The molecule has 4 amide bonds. The number of ether oxygens (including phenoxy) is 4. The topological polar surface area (TPSA) is 124 Å². The molecule has 11 nitrogen and oxygen atoms in total. The molecule has 2 aliphatic rings. The van der Waals surface area contributed by atoms with Gasteiger partial charge in [0, 0.05) is 17.6 Å². The number of nitrogens with one attached hydrogen (secondary N) is 1. The molecule has 2 heterocycles. The molecule has 6 aromatic rings. The van der Waals surface area contributed by atoms with Crippen molar-refractivity contribution in [3.05, 3.63) is 174 Å². The Labute approximate surface area is 361 Å². The van der Waals surface area contributed by atoms with E-state index in [-0.39, 0.29) is 35.5 Å². The van der Waals surface area contributed by atoms with Gasteiger partial charge >= 0.3 is 0 Å². The van der Waals surface area contributed by atoms with Crippen molar-refractivity contribution >= 4 is 35.0 Å². The van der Waals surface area contributed by atoms with Crippen LogP contribution < -0.4 is 34.1 Å².